The van der Waals surface area contributed by atoms with Gasteiger partial charge >= 0.3 is 0 Å². The predicted molar refractivity (Wildman–Crippen MR) is 91.6 cm³/mol. The van der Waals surface area contributed by atoms with Crippen molar-refractivity contribution >= 4 is 17.0 Å². The first kappa shape index (κ1) is 15.5. The highest BCUT2D eigenvalue weighted by atomic mass is 32.1. The summed E-state index contributed by atoms with van der Waals surface area (Å²) in [7, 11) is 1.46. The van der Waals surface area contributed by atoms with Gasteiger partial charge in [-0.15, -0.1) is 11.3 Å². The molecule has 0 aliphatic heterocycles. The second-order valence-electron chi connectivity index (χ2n) is 4.94. The van der Waals surface area contributed by atoms with Gasteiger partial charge in [-0.3, -0.25) is 0 Å². The summed E-state index contributed by atoms with van der Waals surface area (Å²) in [6.45, 7) is 2.82. The Morgan fingerprint density at radius 2 is 1.96 bits per heavy atom. The van der Waals surface area contributed by atoms with E-state index in [0.717, 1.165) is 28.3 Å². The van der Waals surface area contributed by atoms with Crippen LogP contribution in [0.15, 0.2) is 58.9 Å². The maximum atomic E-state index is 14.0. The molecule has 0 aliphatic carbocycles. The van der Waals surface area contributed by atoms with Gasteiger partial charge in [0.05, 0.1) is 18.5 Å². The van der Waals surface area contributed by atoms with Gasteiger partial charge < -0.3 is 9.30 Å². The van der Waals surface area contributed by atoms with E-state index >= 15 is 0 Å². The molecule has 1 heterocycles. The lowest BCUT2D eigenvalue weighted by atomic mass is 10.1. The van der Waals surface area contributed by atoms with Crippen LogP contribution in [0.2, 0.25) is 0 Å². The quantitative estimate of drug-likeness (QED) is 0.686. The molecule has 0 spiro atoms. The Morgan fingerprint density at radius 3 is 2.61 bits per heavy atom. The third-order valence-electron chi connectivity index (χ3n) is 3.54. The van der Waals surface area contributed by atoms with Crippen LogP contribution in [0.25, 0.3) is 11.3 Å². The number of halogens is 1. The average Bonchev–Trinajstić information content (AvgIpc) is 2.98. The van der Waals surface area contributed by atoms with Crippen molar-refractivity contribution in [3.8, 4) is 17.0 Å². The number of hydrogen-bond acceptors (Lipinski definition) is 3. The summed E-state index contributed by atoms with van der Waals surface area (Å²) in [4.78, 5) is 5.57. The maximum Gasteiger partial charge on any atom is 0.190 e. The van der Waals surface area contributed by atoms with Crippen LogP contribution in [0.5, 0.6) is 5.75 Å². The Labute approximate surface area is 138 Å². The van der Waals surface area contributed by atoms with E-state index in [-0.39, 0.29) is 11.6 Å². The van der Waals surface area contributed by atoms with Gasteiger partial charge in [-0.1, -0.05) is 18.2 Å². The van der Waals surface area contributed by atoms with Gasteiger partial charge in [-0.05, 0) is 37.3 Å². The molecule has 0 unspecified atom stereocenters. The number of hydrogen-bond donors (Lipinski definition) is 0. The first-order chi connectivity index (χ1) is 11.2. The van der Waals surface area contributed by atoms with Gasteiger partial charge in [0.15, 0.2) is 16.4 Å². The first-order valence-electron chi connectivity index (χ1n) is 7.35. The average molecular weight is 328 g/mol. The van der Waals surface area contributed by atoms with E-state index in [1.807, 2.05) is 41.8 Å². The number of benzene rings is 2. The molecule has 3 nitrogen and oxygen atoms in total. The van der Waals surface area contributed by atoms with Crippen molar-refractivity contribution in [2.75, 3.05) is 7.11 Å². The zero-order chi connectivity index (χ0) is 16.2. The lowest BCUT2D eigenvalue weighted by Gasteiger charge is -2.08. The fourth-order valence-electron chi connectivity index (χ4n) is 2.39. The van der Waals surface area contributed by atoms with Crippen LogP contribution in [0.3, 0.4) is 0 Å². The SMILES string of the molecule is CCn1c(-c2ccc(OC)c(F)c2)cs/c1=N/c1ccccc1. The van der Waals surface area contributed by atoms with E-state index in [2.05, 4.69) is 16.5 Å². The standard InChI is InChI=1S/C18H17FN2OS/c1-3-21-16(13-9-10-17(22-2)15(19)11-13)12-23-18(21)20-14-7-5-4-6-8-14/h4-12H,3H2,1-2H3/b20-18+. The number of methoxy groups -OCH3 is 1. The Kier molecular flexibility index (Phi) is 4.57. The fraction of sp³-hybridized carbons (Fsp3) is 0.167. The Morgan fingerprint density at radius 1 is 1.17 bits per heavy atom. The lowest BCUT2D eigenvalue weighted by molar-refractivity contribution is 0.386. The number of nitrogens with zero attached hydrogens (tertiary/aromatic N) is 2. The highest BCUT2D eigenvalue weighted by Crippen LogP contribution is 2.26. The van der Waals surface area contributed by atoms with Gasteiger partial charge in [0, 0.05) is 17.5 Å². The fourth-order valence-corrected chi connectivity index (χ4v) is 3.39. The van der Waals surface area contributed by atoms with E-state index in [9.17, 15) is 4.39 Å². The number of aromatic nitrogens is 1. The molecule has 2 aromatic carbocycles. The zero-order valence-corrected chi connectivity index (χ0v) is 13.8. The molecule has 0 atom stereocenters. The second-order valence-corrected chi connectivity index (χ2v) is 5.78. The van der Waals surface area contributed by atoms with Crippen molar-refractivity contribution < 1.29 is 9.13 Å². The van der Waals surface area contributed by atoms with E-state index in [0.29, 0.717) is 0 Å². The van der Waals surface area contributed by atoms with Crippen LogP contribution in [0.4, 0.5) is 10.1 Å². The van der Waals surface area contributed by atoms with Gasteiger partial charge in [-0.25, -0.2) is 9.38 Å². The van der Waals surface area contributed by atoms with Crippen molar-refractivity contribution in [2.45, 2.75) is 13.5 Å². The topological polar surface area (TPSA) is 26.5 Å². The van der Waals surface area contributed by atoms with Crippen molar-refractivity contribution in [1.29, 1.82) is 0 Å². The van der Waals surface area contributed by atoms with Crippen LogP contribution < -0.4 is 9.54 Å². The summed E-state index contributed by atoms with van der Waals surface area (Å²) in [5.41, 5.74) is 2.67. The summed E-state index contributed by atoms with van der Waals surface area (Å²) in [6, 6.07) is 14.8. The minimum Gasteiger partial charge on any atom is -0.494 e. The highest BCUT2D eigenvalue weighted by molar-refractivity contribution is 7.07. The molecule has 3 aromatic rings. The molecular formula is C18H17FN2OS. The normalized spacial score (nSPS) is 11.7. The maximum absolute atomic E-state index is 14.0. The molecule has 0 saturated carbocycles. The van der Waals surface area contributed by atoms with Crippen LogP contribution in [0.1, 0.15) is 6.92 Å². The zero-order valence-electron chi connectivity index (χ0n) is 13.0. The summed E-state index contributed by atoms with van der Waals surface area (Å²) in [5, 5.41) is 2.01. The summed E-state index contributed by atoms with van der Waals surface area (Å²) in [5.74, 6) is -0.110. The third-order valence-corrected chi connectivity index (χ3v) is 4.41. The summed E-state index contributed by atoms with van der Waals surface area (Å²) >= 11 is 1.55. The van der Waals surface area contributed by atoms with Gasteiger partial charge in [-0.2, -0.15) is 0 Å². The van der Waals surface area contributed by atoms with E-state index < -0.39 is 0 Å². The van der Waals surface area contributed by atoms with Crippen LogP contribution in [0, 0.1) is 5.82 Å². The number of para-hydroxylation sites is 1. The second kappa shape index (κ2) is 6.79. The minimum absolute atomic E-state index is 0.251. The number of thiazole rings is 1. The molecule has 0 bridgehead atoms. The molecule has 0 fully saturated rings. The molecular weight excluding hydrogens is 311 g/mol. The Bertz CT molecular complexity index is 868. The summed E-state index contributed by atoms with van der Waals surface area (Å²) < 4.78 is 21.0. The Hall–Kier alpha value is -2.40. The van der Waals surface area contributed by atoms with E-state index in [1.54, 1.807) is 17.4 Å². The molecule has 1 aromatic heterocycles. The van der Waals surface area contributed by atoms with Crippen molar-refractivity contribution in [2.24, 2.45) is 4.99 Å². The molecule has 0 N–H and O–H groups in total. The first-order valence-corrected chi connectivity index (χ1v) is 8.23. The van der Waals surface area contributed by atoms with Crippen LogP contribution in [-0.4, -0.2) is 11.7 Å². The Balaban J connectivity index is 2.08. The smallest absolute Gasteiger partial charge is 0.190 e. The number of rotatable bonds is 4. The van der Waals surface area contributed by atoms with Crippen molar-refractivity contribution in [3.05, 3.63) is 64.5 Å². The van der Waals surface area contributed by atoms with Gasteiger partial charge in [0.2, 0.25) is 0 Å². The number of ether oxygens (including phenoxy) is 1. The molecule has 0 amide bonds. The highest BCUT2D eigenvalue weighted by Gasteiger charge is 2.10. The molecule has 3 rings (SSSR count). The molecule has 23 heavy (non-hydrogen) atoms. The minimum atomic E-state index is -0.361. The molecule has 0 saturated heterocycles. The molecule has 0 radical (unpaired) electrons. The predicted octanol–water partition coefficient (Wildman–Crippen LogP) is 4.62. The summed E-state index contributed by atoms with van der Waals surface area (Å²) in [6.07, 6.45) is 0. The lowest BCUT2D eigenvalue weighted by Crippen LogP contribution is -2.14. The molecule has 118 valence electrons. The monoisotopic (exact) mass is 328 g/mol. The molecule has 5 heteroatoms. The van der Waals surface area contributed by atoms with Crippen molar-refractivity contribution in [1.82, 2.24) is 4.57 Å². The van der Waals surface area contributed by atoms with Crippen molar-refractivity contribution in [3.63, 3.8) is 0 Å². The van der Waals surface area contributed by atoms with Crippen LogP contribution in [-0.2, 0) is 6.54 Å². The van der Waals surface area contributed by atoms with Crippen LogP contribution >= 0.6 is 11.3 Å². The third kappa shape index (κ3) is 3.19. The van der Waals surface area contributed by atoms with Gasteiger partial charge in [0.25, 0.3) is 0 Å². The van der Waals surface area contributed by atoms with Gasteiger partial charge in [0.1, 0.15) is 0 Å². The molecule has 0 aliphatic rings. The largest absolute Gasteiger partial charge is 0.494 e. The van der Waals surface area contributed by atoms with E-state index in [1.165, 1.54) is 13.2 Å². The van der Waals surface area contributed by atoms with E-state index in [4.69, 9.17) is 4.74 Å².